The highest BCUT2D eigenvalue weighted by atomic mass is 35.5. The van der Waals surface area contributed by atoms with Gasteiger partial charge in [0.25, 0.3) is 10.0 Å². The Morgan fingerprint density at radius 1 is 0.929 bits per heavy atom. The molecule has 0 saturated carbocycles. The Morgan fingerprint density at radius 2 is 1.54 bits per heavy atom. The van der Waals surface area contributed by atoms with Gasteiger partial charge in [0.1, 0.15) is 5.75 Å². The van der Waals surface area contributed by atoms with Gasteiger partial charge in [-0.25, -0.2) is 16.8 Å². The van der Waals surface area contributed by atoms with Crippen molar-refractivity contribution < 1.29 is 21.6 Å². The predicted molar refractivity (Wildman–Crippen MR) is 110 cm³/mol. The Balaban J connectivity index is 2.51. The first-order valence-corrected chi connectivity index (χ1v) is 11.9. The van der Waals surface area contributed by atoms with Crippen LogP contribution in [0.4, 0.5) is 5.69 Å². The Kier molecular flexibility index (Phi) is 7.22. The topological polar surface area (TPSA) is 92.8 Å². The van der Waals surface area contributed by atoms with Crippen molar-refractivity contribution in [2.24, 2.45) is 0 Å². The Hall–Kier alpha value is -1.52. The average molecular weight is 467 g/mol. The van der Waals surface area contributed by atoms with Crippen LogP contribution in [0, 0.1) is 0 Å². The number of anilines is 1. The molecule has 0 radical (unpaired) electrons. The third-order valence-electron chi connectivity index (χ3n) is 3.96. The predicted octanol–water partition coefficient (Wildman–Crippen LogP) is 3.83. The van der Waals surface area contributed by atoms with Crippen LogP contribution >= 0.6 is 23.2 Å². The molecule has 0 spiro atoms. The molecular formula is C17H20Cl2N2O5S2. The van der Waals surface area contributed by atoms with Crippen LogP contribution in [0.3, 0.4) is 0 Å². The summed E-state index contributed by atoms with van der Waals surface area (Å²) < 4.78 is 59.7. The van der Waals surface area contributed by atoms with E-state index in [9.17, 15) is 16.8 Å². The summed E-state index contributed by atoms with van der Waals surface area (Å²) in [5, 5.41) is 0.292. The van der Waals surface area contributed by atoms with Gasteiger partial charge < -0.3 is 4.74 Å². The van der Waals surface area contributed by atoms with Gasteiger partial charge in [-0.05, 0) is 36.4 Å². The molecule has 2 aromatic carbocycles. The second-order valence-electron chi connectivity index (χ2n) is 5.63. The van der Waals surface area contributed by atoms with Gasteiger partial charge in [0.2, 0.25) is 10.0 Å². The molecule has 0 aliphatic carbocycles. The minimum atomic E-state index is -4.06. The average Bonchev–Trinajstić information content (AvgIpc) is 2.64. The van der Waals surface area contributed by atoms with E-state index in [2.05, 4.69) is 4.72 Å². The molecule has 28 heavy (non-hydrogen) atoms. The third-order valence-corrected chi connectivity index (χ3v) is 8.11. The summed E-state index contributed by atoms with van der Waals surface area (Å²) in [4.78, 5) is -0.176. The molecule has 7 nitrogen and oxygen atoms in total. The maximum atomic E-state index is 12.7. The zero-order chi connectivity index (χ0) is 21.1. The number of hydrogen-bond donors (Lipinski definition) is 1. The molecule has 2 rings (SSSR count). The number of rotatable bonds is 8. The SMILES string of the molecule is CCN(CC)S(=O)(=O)c1ccc(OC)c(NS(=O)(=O)c2ccc(Cl)c(Cl)c2)c1. The van der Waals surface area contributed by atoms with Gasteiger partial charge in [-0.15, -0.1) is 0 Å². The zero-order valence-corrected chi connectivity index (χ0v) is 18.6. The molecule has 0 unspecified atom stereocenters. The van der Waals surface area contributed by atoms with Crippen molar-refractivity contribution in [2.45, 2.75) is 23.6 Å². The van der Waals surface area contributed by atoms with Crippen LogP contribution in [0.5, 0.6) is 5.75 Å². The fourth-order valence-electron chi connectivity index (χ4n) is 2.49. The molecule has 0 saturated heterocycles. The number of hydrogen-bond acceptors (Lipinski definition) is 5. The van der Waals surface area contributed by atoms with Gasteiger partial charge in [-0.3, -0.25) is 4.72 Å². The maximum Gasteiger partial charge on any atom is 0.262 e. The molecule has 0 fully saturated rings. The third kappa shape index (κ3) is 4.72. The van der Waals surface area contributed by atoms with Crippen LogP contribution in [-0.2, 0) is 20.0 Å². The van der Waals surface area contributed by atoms with Gasteiger partial charge >= 0.3 is 0 Å². The van der Waals surface area contributed by atoms with Crippen LogP contribution < -0.4 is 9.46 Å². The Morgan fingerprint density at radius 3 is 2.07 bits per heavy atom. The fourth-order valence-corrected chi connectivity index (χ4v) is 5.42. The highest BCUT2D eigenvalue weighted by Crippen LogP contribution is 2.32. The number of ether oxygens (including phenoxy) is 1. The van der Waals surface area contributed by atoms with E-state index in [4.69, 9.17) is 27.9 Å². The molecule has 0 aromatic heterocycles. The van der Waals surface area contributed by atoms with Crippen LogP contribution in [-0.4, -0.2) is 41.3 Å². The van der Waals surface area contributed by atoms with Gasteiger partial charge in [-0.2, -0.15) is 4.31 Å². The van der Waals surface area contributed by atoms with Gasteiger partial charge in [0.15, 0.2) is 0 Å². The lowest BCUT2D eigenvalue weighted by atomic mass is 10.3. The van der Waals surface area contributed by atoms with Gasteiger partial charge in [0, 0.05) is 13.1 Å². The summed E-state index contributed by atoms with van der Waals surface area (Å²) in [6.07, 6.45) is 0. The van der Waals surface area contributed by atoms with Crippen molar-refractivity contribution in [3.63, 3.8) is 0 Å². The van der Waals surface area contributed by atoms with Crippen molar-refractivity contribution >= 4 is 48.9 Å². The first-order chi connectivity index (χ1) is 13.1. The lowest BCUT2D eigenvalue weighted by Crippen LogP contribution is -2.30. The first kappa shape index (κ1) is 22.8. The standard InChI is InChI=1S/C17H20Cl2N2O5S2/c1-4-21(5-2)28(24,25)13-7-9-17(26-3)16(11-13)20-27(22,23)12-6-8-14(18)15(19)10-12/h6-11,20H,4-5H2,1-3H3. The smallest absolute Gasteiger partial charge is 0.262 e. The number of methoxy groups -OCH3 is 1. The Labute approximate surface area is 175 Å². The minimum Gasteiger partial charge on any atom is -0.495 e. The zero-order valence-electron chi connectivity index (χ0n) is 15.4. The van der Waals surface area contributed by atoms with Gasteiger partial charge in [-0.1, -0.05) is 37.0 Å². The number of nitrogens with zero attached hydrogens (tertiary/aromatic N) is 1. The molecule has 0 aliphatic rings. The second kappa shape index (κ2) is 8.87. The van der Waals surface area contributed by atoms with E-state index >= 15 is 0 Å². The van der Waals surface area contributed by atoms with E-state index < -0.39 is 20.0 Å². The van der Waals surface area contributed by atoms with E-state index in [-0.39, 0.29) is 44.4 Å². The first-order valence-electron chi connectivity index (χ1n) is 8.22. The Bertz CT molecular complexity index is 1070. The van der Waals surface area contributed by atoms with E-state index in [0.717, 1.165) is 0 Å². The minimum absolute atomic E-state index is 0.0122. The molecule has 0 atom stereocenters. The fraction of sp³-hybridized carbons (Fsp3) is 0.294. The van der Waals surface area contributed by atoms with E-state index in [1.807, 2.05) is 0 Å². The molecule has 0 amide bonds. The summed E-state index contributed by atoms with van der Waals surface area (Å²) in [6, 6.07) is 7.83. The quantitative estimate of drug-likeness (QED) is 0.637. The van der Waals surface area contributed by atoms with Crippen LogP contribution in [0.1, 0.15) is 13.8 Å². The summed E-state index contributed by atoms with van der Waals surface area (Å²) in [7, 11) is -6.49. The van der Waals surface area contributed by atoms with Crippen LogP contribution in [0.15, 0.2) is 46.2 Å². The van der Waals surface area contributed by atoms with Crippen molar-refractivity contribution in [3.8, 4) is 5.75 Å². The van der Waals surface area contributed by atoms with E-state index in [1.165, 1.54) is 47.8 Å². The molecule has 11 heteroatoms. The lowest BCUT2D eigenvalue weighted by Gasteiger charge is -2.20. The molecule has 0 aliphatic heterocycles. The highest BCUT2D eigenvalue weighted by molar-refractivity contribution is 7.92. The maximum absolute atomic E-state index is 12.7. The van der Waals surface area contributed by atoms with Crippen LogP contribution in [0.25, 0.3) is 0 Å². The molecule has 0 bridgehead atoms. The number of sulfonamides is 2. The summed E-state index contributed by atoms with van der Waals surface area (Å²) in [6.45, 7) is 4.02. The molecule has 2 aromatic rings. The largest absolute Gasteiger partial charge is 0.495 e. The van der Waals surface area contributed by atoms with Gasteiger partial charge in [0.05, 0.1) is 32.6 Å². The second-order valence-corrected chi connectivity index (χ2v) is 10.1. The van der Waals surface area contributed by atoms with Crippen molar-refractivity contribution in [2.75, 3.05) is 24.9 Å². The lowest BCUT2D eigenvalue weighted by molar-refractivity contribution is 0.416. The van der Waals surface area contributed by atoms with E-state index in [0.29, 0.717) is 0 Å². The molecule has 1 N–H and O–H groups in total. The number of nitrogens with one attached hydrogen (secondary N) is 1. The highest BCUT2D eigenvalue weighted by Gasteiger charge is 2.24. The molecule has 154 valence electrons. The normalized spacial score (nSPS) is 12.2. The van der Waals surface area contributed by atoms with Crippen LogP contribution in [0.2, 0.25) is 10.0 Å². The molecule has 0 heterocycles. The molecular weight excluding hydrogens is 447 g/mol. The summed E-state index contributed by atoms with van der Waals surface area (Å²) in [5.74, 6) is 0.169. The van der Waals surface area contributed by atoms with Crippen molar-refractivity contribution in [1.82, 2.24) is 4.31 Å². The monoisotopic (exact) mass is 466 g/mol. The van der Waals surface area contributed by atoms with Crippen molar-refractivity contribution in [1.29, 1.82) is 0 Å². The number of benzene rings is 2. The number of halogens is 2. The van der Waals surface area contributed by atoms with E-state index in [1.54, 1.807) is 13.8 Å². The summed E-state index contributed by atoms with van der Waals surface area (Å²) in [5.41, 5.74) is -0.0122. The summed E-state index contributed by atoms with van der Waals surface area (Å²) >= 11 is 11.7. The van der Waals surface area contributed by atoms with Crippen molar-refractivity contribution in [3.05, 3.63) is 46.4 Å².